The molecule has 0 radical (unpaired) electrons. The molecule has 0 spiro atoms. The minimum Gasteiger partial charge on any atom is -0.384 e. The summed E-state index contributed by atoms with van der Waals surface area (Å²) >= 11 is 6.07. The molecule has 0 bridgehead atoms. The fourth-order valence-electron chi connectivity index (χ4n) is 2.88. The van der Waals surface area contributed by atoms with Gasteiger partial charge >= 0.3 is 0 Å². The Hall–Kier alpha value is -1.22. The van der Waals surface area contributed by atoms with Crippen molar-refractivity contribution < 1.29 is 4.79 Å². The molecule has 0 aromatic heterocycles. The van der Waals surface area contributed by atoms with Gasteiger partial charge in [-0.3, -0.25) is 4.79 Å². The van der Waals surface area contributed by atoms with Crippen molar-refractivity contribution in [3.8, 4) is 0 Å². The Morgan fingerprint density at radius 3 is 2.52 bits per heavy atom. The van der Waals surface area contributed by atoms with Crippen LogP contribution in [0.25, 0.3) is 0 Å². The van der Waals surface area contributed by atoms with E-state index in [-0.39, 0.29) is 5.91 Å². The number of benzene rings is 1. The Morgan fingerprint density at radius 2 is 1.95 bits per heavy atom. The van der Waals surface area contributed by atoms with Gasteiger partial charge in [0.25, 0.3) is 5.91 Å². The second kappa shape index (κ2) is 6.27. The van der Waals surface area contributed by atoms with Gasteiger partial charge in [0.15, 0.2) is 0 Å². The van der Waals surface area contributed by atoms with Gasteiger partial charge < -0.3 is 10.6 Å². The predicted molar refractivity (Wildman–Crippen MR) is 86.9 cm³/mol. The van der Waals surface area contributed by atoms with Gasteiger partial charge in [0, 0.05) is 23.3 Å². The lowest BCUT2D eigenvalue weighted by molar-refractivity contribution is 0.0927. The number of nitrogens with one attached hydrogen (secondary N) is 2. The molecule has 2 fully saturated rings. The zero-order valence-corrected chi connectivity index (χ0v) is 13.2. The van der Waals surface area contributed by atoms with E-state index in [9.17, 15) is 4.79 Å². The van der Waals surface area contributed by atoms with Gasteiger partial charge in [-0.15, -0.1) is 0 Å². The SMILES string of the molecule is CCCNc1ccc(Cl)cc1C(=O)NC(C1CC1)C1CC1. The van der Waals surface area contributed by atoms with Gasteiger partial charge in [-0.25, -0.2) is 0 Å². The van der Waals surface area contributed by atoms with E-state index in [1.807, 2.05) is 12.1 Å². The Kier molecular flexibility index (Phi) is 4.39. The lowest BCUT2D eigenvalue weighted by atomic mass is 10.1. The van der Waals surface area contributed by atoms with E-state index in [2.05, 4.69) is 17.6 Å². The molecular formula is C17H23ClN2O. The molecule has 1 amide bonds. The summed E-state index contributed by atoms with van der Waals surface area (Å²) in [5, 5.41) is 7.19. The van der Waals surface area contributed by atoms with Crippen molar-refractivity contribution in [1.29, 1.82) is 0 Å². The highest BCUT2D eigenvalue weighted by Gasteiger charge is 2.42. The molecule has 0 saturated heterocycles. The molecule has 0 heterocycles. The van der Waals surface area contributed by atoms with E-state index in [0.29, 0.717) is 28.5 Å². The van der Waals surface area contributed by atoms with Crippen LogP contribution in [-0.4, -0.2) is 18.5 Å². The van der Waals surface area contributed by atoms with Crippen molar-refractivity contribution in [1.82, 2.24) is 5.32 Å². The van der Waals surface area contributed by atoms with Gasteiger partial charge in [-0.05, 0) is 62.1 Å². The van der Waals surface area contributed by atoms with Crippen LogP contribution in [0.3, 0.4) is 0 Å². The molecule has 1 aromatic rings. The smallest absolute Gasteiger partial charge is 0.253 e. The second-order valence-electron chi connectivity index (χ2n) is 6.29. The topological polar surface area (TPSA) is 41.1 Å². The zero-order chi connectivity index (χ0) is 14.8. The van der Waals surface area contributed by atoms with Gasteiger partial charge in [-0.1, -0.05) is 18.5 Å². The highest BCUT2D eigenvalue weighted by molar-refractivity contribution is 6.31. The molecule has 0 aliphatic heterocycles. The average molecular weight is 307 g/mol. The minimum atomic E-state index is 0.0138. The first kappa shape index (κ1) is 14.7. The molecule has 3 nitrogen and oxygen atoms in total. The molecule has 2 aliphatic rings. The summed E-state index contributed by atoms with van der Waals surface area (Å²) in [7, 11) is 0. The van der Waals surface area contributed by atoms with Crippen LogP contribution >= 0.6 is 11.6 Å². The molecule has 0 unspecified atom stereocenters. The highest BCUT2D eigenvalue weighted by atomic mass is 35.5. The van der Waals surface area contributed by atoms with Crippen molar-refractivity contribution in [2.75, 3.05) is 11.9 Å². The van der Waals surface area contributed by atoms with Crippen LogP contribution < -0.4 is 10.6 Å². The number of amides is 1. The third kappa shape index (κ3) is 3.70. The van der Waals surface area contributed by atoms with Gasteiger partial charge in [-0.2, -0.15) is 0 Å². The Labute approximate surface area is 131 Å². The van der Waals surface area contributed by atoms with E-state index in [0.717, 1.165) is 18.7 Å². The van der Waals surface area contributed by atoms with Crippen molar-refractivity contribution in [3.05, 3.63) is 28.8 Å². The number of halogens is 1. The van der Waals surface area contributed by atoms with Crippen LogP contribution in [0.2, 0.25) is 5.02 Å². The quantitative estimate of drug-likeness (QED) is 0.797. The summed E-state index contributed by atoms with van der Waals surface area (Å²) in [4.78, 5) is 12.6. The van der Waals surface area contributed by atoms with Crippen molar-refractivity contribution in [2.24, 2.45) is 11.8 Å². The van der Waals surface area contributed by atoms with Gasteiger partial charge in [0.05, 0.1) is 5.56 Å². The van der Waals surface area contributed by atoms with Crippen molar-refractivity contribution >= 4 is 23.2 Å². The average Bonchev–Trinajstić information content (AvgIpc) is 3.36. The highest BCUT2D eigenvalue weighted by Crippen LogP contribution is 2.44. The van der Waals surface area contributed by atoms with Crippen LogP contribution in [0, 0.1) is 11.8 Å². The lowest BCUT2D eigenvalue weighted by Gasteiger charge is -2.19. The third-order valence-corrected chi connectivity index (χ3v) is 4.58. The van der Waals surface area contributed by atoms with E-state index in [4.69, 9.17) is 11.6 Å². The standard InChI is InChI=1S/C17H23ClN2O/c1-2-9-19-15-8-7-13(18)10-14(15)17(21)20-16(11-3-4-11)12-5-6-12/h7-8,10-12,16,19H,2-6,9H2,1H3,(H,20,21). The summed E-state index contributed by atoms with van der Waals surface area (Å²) in [6, 6.07) is 5.87. The summed E-state index contributed by atoms with van der Waals surface area (Å²) in [6.45, 7) is 2.97. The fourth-order valence-corrected chi connectivity index (χ4v) is 3.05. The van der Waals surface area contributed by atoms with E-state index >= 15 is 0 Å². The van der Waals surface area contributed by atoms with Crippen LogP contribution in [0.15, 0.2) is 18.2 Å². The summed E-state index contributed by atoms with van der Waals surface area (Å²) < 4.78 is 0. The third-order valence-electron chi connectivity index (χ3n) is 4.35. The molecule has 2 saturated carbocycles. The molecule has 3 rings (SSSR count). The molecule has 2 aliphatic carbocycles. The molecule has 114 valence electrons. The minimum absolute atomic E-state index is 0.0138. The Morgan fingerprint density at radius 1 is 1.29 bits per heavy atom. The monoisotopic (exact) mass is 306 g/mol. The number of carbonyl (C=O) groups is 1. The Balaban J connectivity index is 1.74. The first-order valence-electron chi connectivity index (χ1n) is 8.03. The van der Waals surface area contributed by atoms with Gasteiger partial charge in [0.1, 0.15) is 0 Å². The maximum Gasteiger partial charge on any atom is 0.253 e. The van der Waals surface area contributed by atoms with Crippen molar-refractivity contribution in [2.45, 2.75) is 45.1 Å². The summed E-state index contributed by atoms with van der Waals surface area (Å²) in [6.07, 6.45) is 6.07. The van der Waals surface area contributed by atoms with Crippen LogP contribution in [0.1, 0.15) is 49.4 Å². The summed E-state index contributed by atoms with van der Waals surface area (Å²) in [5.74, 6) is 1.42. The number of hydrogen-bond acceptors (Lipinski definition) is 2. The number of anilines is 1. The molecule has 0 atom stereocenters. The lowest BCUT2D eigenvalue weighted by Crippen LogP contribution is -2.38. The maximum atomic E-state index is 12.6. The number of carbonyl (C=O) groups excluding carboxylic acids is 1. The number of rotatable bonds is 7. The van der Waals surface area contributed by atoms with Crippen LogP contribution in [0.4, 0.5) is 5.69 Å². The van der Waals surface area contributed by atoms with E-state index < -0.39 is 0 Å². The molecular weight excluding hydrogens is 284 g/mol. The van der Waals surface area contributed by atoms with E-state index in [1.165, 1.54) is 25.7 Å². The first-order chi connectivity index (χ1) is 10.2. The van der Waals surface area contributed by atoms with E-state index in [1.54, 1.807) is 6.07 Å². The largest absolute Gasteiger partial charge is 0.384 e. The predicted octanol–water partition coefficient (Wildman–Crippen LogP) is 4.08. The molecule has 21 heavy (non-hydrogen) atoms. The maximum absolute atomic E-state index is 12.6. The zero-order valence-electron chi connectivity index (χ0n) is 12.5. The normalized spacial score (nSPS) is 17.9. The van der Waals surface area contributed by atoms with Crippen LogP contribution in [0.5, 0.6) is 0 Å². The van der Waals surface area contributed by atoms with Crippen molar-refractivity contribution in [3.63, 3.8) is 0 Å². The summed E-state index contributed by atoms with van der Waals surface area (Å²) in [5.41, 5.74) is 1.55. The fraction of sp³-hybridized carbons (Fsp3) is 0.588. The second-order valence-corrected chi connectivity index (χ2v) is 6.73. The molecule has 4 heteroatoms. The Bertz CT molecular complexity index is 512. The first-order valence-corrected chi connectivity index (χ1v) is 8.41. The number of hydrogen-bond donors (Lipinski definition) is 2. The van der Waals surface area contributed by atoms with Gasteiger partial charge in [0.2, 0.25) is 0 Å². The molecule has 2 N–H and O–H groups in total. The molecule has 1 aromatic carbocycles. The van der Waals surface area contributed by atoms with Crippen LogP contribution in [-0.2, 0) is 0 Å².